The van der Waals surface area contributed by atoms with E-state index >= 15 is 0 Å². The largest absolute Gasteiger partial charge is 0.573 e. The molecule has 1 aromatic rings. The fourth-order valence-corrected chi connectivity index (χ4v) is 3.53. The van der Waals surface area contributed by atoms with Crippen molar-refractivity contribution in [3.05, 3.63) is 41.6 Å². The molecule has 1 amide bonds. The molecule has 0 spiro atoms. The molecule has 2 atom stereocenters. The summed E-state index contributed by atoms with van der Waals surface area (Å²) in [6.45, 7) is 4.53. The second-order valence-electron chi connectivity index (χ2n) is 6.60. The molecule has 2 heterocycles. The normalized spacial score (nSPS) is 22.1. The molecule has 1 aromatic carbocycles. The molecule has 1 N–H and O–H groups in total. The van der Waals surface area contributed by atoms with Crippen LogP contribution in [0.2, 0.25) is 0 Å². The Morgan fingerprint density at radius 1 is 1.39 bits per heavy atom. The number of hydrogen-bond acceptors (Lipinski definition) is 4. The molecular formula is C17H19F4N4O3+. The van der Waals surface area contributed by atoms with Gasteiger partial charge in [-0.2, -0.15) is 0 Å². The number of amides is 1. The number of hydrogen-bond donors (Lipinski definition) is 1. The first-order chi connectivity index (χ1) is 13.2. The molecular weight excluding hydrogens is 384 g/mol. The number of rotatable bonds is 5. The number of benzene rings is 1. The maximum Gasteiger partial charge on any atom is 0.573 e. The SMILES string of the molecule is C=CC(=O)NCC1CN(c2ccc(OC(F)(F)F)cc2F)C2CC[N+](=O)N2C1. The maximum absolute atomic E-state index is 14.6. The van der Waals surface area contributed by atoms with Gasteiger partial charge in [0.25, 0.3) is 0 Å². The van der Waals surface area contributed by atoms with Gasteiger partial charge in [-0.05, 0) is 18.2 Å². The first kappa shape index (κ1) is 19.9. The number of nitrogens with one attached hydrogen (secondary N) is 1. The average Bonchev–Trinajstić information content (AvgIpc) is 2.99. The van der Waals surface area contributed by atoms with Gasteiger partial charge in [-0.25, -0.2) is 4.39 Å². The summed E-state index contributed by atoms with van der Waals surface area (Å²) in [7, 11) is 0. The molecule has 11 heteroatoms. The zero-order valence-corrected chi connectivity index (χ0v) is 14.8. The number of halogens is 4. The van der Waals surface area contributed by atoms with E-state index in [4.69, 9.17) is 0 Å². The molecule has 2 unspecified atom stereocenters. The lowest BCUT2D eigenvalue weighted by Gasteiger charge is -2.40. The van der Waals surface area contributed by atoms with E-state index in [-0.39, 0.29) is 30.6 Å². The van der Waals surface area contributed by atoms with Gasteiger partial charge in [-0.15, -0.1) is 18.2 Å². The molecule has 3 rings (SSSR count). The summed E-state index contributed by atoms with van der Waals surface area (Å²) in [5, 5.41) is 4.18. The molecule has 2 aliphatic heterocycles. The van der Waals surface area contributed by atoms with Crippen molar-refractivity contribution in [3.8, 4) is 5.75 Å². The first-order valence-corrected chi connectivity index (χ1v) is 8.61. The fourth-order valence-electron chi connectivity index (χ4n) is 3.53. The number of carbonyl (C=O) groups excluding carboxylic acids is 1. The Morgan fingerprint density at radius 2 is 2.14 bits per heavy atom. The molecule has 0 radical (unpaired) electrons. The van der Waals surface area contributed by atoms with Crippen LogP contribution in [-0.2, 0) is 4.79 Å². The van der Waals surface area contributed by atoms with E-state index in [1.165, 1.54) is 11.1 Å². The van der Waals surface area contributed by atoms with Crippen molar-refractivity contribution < 1.29 is 32.0 Å². The van der Waals surface area contributed by atoms with E-state index in [0.29, 0.717) is 25.6 Å². The summed E-state index contributed by atoms with van der Waals surface area (Å²) in [5.74, 6) is -2.11. The van der Waals surface area contributed by atoms with Crippen molar-refractivity contribution in [3.63, 3.8) is 0 Å². The van der Waals surface area contributed by atoms with Crippen molar-refractivity contribution in [2.45, 2.75) is 18.9 Å². The molecule has 2 aliphatic rings. The first-order valence-electron chi connectivity index (χ1n) is 8.61. The van der Waals surface area contributed by atoms with Crippen LogP contribution >= 0.6 is 0 Å². The molecule has 0 bridgehead atoms. The lowest BCUT2D eigenvalue weighted by Crippen LogP contribution is -2.58. The van der Waals surface area contributed by atoms with Gasteiger partial charge in [-0.1, -0.05) is 6.58 Å². The van der Waals surface area contributed by atoms with Gasteiger partial charge in [0.05, 0.1) is 23.6 Å². The van der Waals surface area contributed by atoms with Crippen molar-refractivity contribution in [1.29, 1.82) is 0 Å². The number of hydrazine groups is 1. The number of alkyl halides is 3. The molecule has 28 heavy (non-hydrogen) atoms. The van der Waals surface area contributed by atoms with Crippen LogP contribution in [0.4, 0.5) is 23.2 Å². The molecule has 152 valence electrons. The van der Waals surface area contributed by atoms with Gasteiger partial charge < -0.3 is 15.0 Å². The minimum atomic E-state index is -4.92. The van der Waals surface area contributed by atoms with E-state index in [1.54, 1.807) is 4.90 Å². The molecule has 7 nitrogen and oxygen atoms in total. The van der Waals surface area contributed by atoms with E-state index in [0.717, 1.165) is 17.0 Å². The third kappa shape index (κ3) is 4.34. The second kappa shape index (κ2) is 7.64. The highest BCUT2D eigenvalue weighted by atomic mass is 19.4. The van der Waals surface area contributed by atoms with Crippen molar-refractivity contribution in [2.75, 3.05) is 31.1 Å². The third-order valence-corrected chi connectivity index (χ3v) is 4.68. The number of nitrogens with zero attached hydrogens (tertiary/aromatic N) is 3. The Balaban J connectivity index is 1.82. The van der Waals surface area contributed by atoms with Crippen molar-refractivity contribution in [2.24, 2.45) is 5.92 Å². The van der Waals surface area contributed by atoms with Crippen molar-refractivity contribution >= 4 is 11.6 Å². The van der Waals surface area contributed by atoms with Crippen LogP contribution in [0.1, 0.15) is 6.42 Å². The summed E-state index contributed by atoms with van der Waals surface area (Å²) in [4.78, 5) is 25.9. The van der Waals surface area contributed by atoms with Gasteiger partial charge in [0.2, 0.25) is 12.5 Å². The second-order valence-corrected chi connectivity index (χ2v) is 6.60. The highest BCUT2D eigenvalue weighted by molar-refractivity contribution is 5.86. The zero-order chi connectivity index (χ0) is 20.5. The Labute approximate surface area is 158 Å². The van der Waals surface area contributed by atoms with Crippen LogP contribution in [0.5, 0.6) is 5.75 Å². The van der Waals surface area contributed by atoms with E-state index in [1.807, 2.05) is 0 Å². The Morgan fingerprint density at radius 3 is 2.79 bits per heavy atom. The average molecular weight is 403 g/mol. The molecule has 0 saturated carbocycles. The standard InChI is InChI=1S/C17H18F4N4O3/c1-2-15(26)22-8-11-9-23(16-5-6-25(27)24(16)10-11)14-4-3-12(7-13(14)18)28-17(19,20)21/h2-4,7,11,16H,1,5-6,8-10H2/p+1. The summed E-state index contributed by atoms with van der Waals surface area (Å²) in [6.07, 6.45) is -3.75. The summed E-state index contributed by atoms with van der Waals surface area (Å²) >= 11 is 0. The zero-order valence-electron chi connectivity index (χ0n) is 14.8. The van der Waals surface area contributed by atoms with E-state index < -0.39 is 24.1 Å². The highest BCUT2D eigenvalue weighted by Crippen LogP contribution is 2.34. The monoisotopic (exact) mass is 403 g/mol. The molecule has 0 aromatic heterocycles. The molecule has 2 saturated heterocycles. The lowest BCUT2D eigenvalue weighted by molar-refractivity contribution is -0.692. The smallest absolute Gasteiger partial charge is 0.406 e. The Bertz CT molecular complexity index is 786. The van der Waals surface area contributed by atoms with Crippen LogP contribution in [0.15, 0.2) is 30.9 Å². The minimum Gasteiger partial charge on any atom is -0.406 e. The minimum absolute atomic E-state index is 0.0690. The van der Waals surface area contributed by atoms with Crippen LogP contribution in [-0.4, -0.2) is 54.5 Å². The number of nitroso groups, excluding NO2 is 1. The van der Waals surface area contributed by atoms with Crippen LogP contribution in [0, 0.1) is 16.6 Å². The number of carbonyl (C=O) groups is 1. The van der Waals surface area contributed by atoms with Gasteiger partial charge in [0.15, 0.2) is 6.17 Å². The number of anilines is 1. The lowest BCUT2D eigenvalue weighted by atomic mass is 10.0. The van der Waals surface area contributed by atoms with Crippen LogP contribution in [0.25, 0.3) is 0 Å². The van der Waals surface area contributed by atoms with Gasteiger partial charge in [-0.3, -0.25) is 4.79 Å². The van der Waals surface area contributed by atoms with Crippen molar-refractivity contribution in [1.82, 2.24) is 10.3 Å². The topological polar surface area (TPSA) is 64.9 Å². The summed E-state index contributed by atoms with van der Waals surface area (Å²) in [5.41, 5.74) is 0.0690. The third-order valence-electron chi connectivity index (χ3n) is 4.68. The van der Waals surface area contributed by atoms with E-state index in [9.17, 15) is 27.3 Å². The molecule has 2 fully saturated rings. The highest BCUT2D eigenvalue weighted by Gasteiger charge is 2.47. The predicted molar refractivity (Wildman–Crippen MR) is 90.7 cm³/mol. The van der Waals surface area contributed by atoms with Gasteiger partial charge >= 0.3 is 6.36 Å². The Hall–Kier alpha value is -2.85. The van der Waals surface area contributed by atoms with E-state index in [2.05, 4.69) is 16.6 Å². The quantitative estimate of drug-likeness (QED) is 0.464. The summed E-state index contributed by atoms with van der Waals surface area (Å²) < 4.78 is 55.3. The van der Waals surface area contributed by atoms with Gasteiger partial charge in [0, 0.05) is 25.1 Å². The number of ether oxygens (including phenoxy) is 1. The van der Waals surface area contributed by atoms with Gasteiger partial charge in [0.1, 0.15) is 16.4 Å². The Kier molecular flexibility index (Phi) is 5.43. The van der Waals surface area contributed by atoms with Crippen LogP contribution < -0.4 is 15.0 Å². The fraction of sp³-hybridized carbons (Fsp3) is 0.471. The molecule has 0 aliphatic carbocycles. The number of fused-ring (bicyclic) bond motifs is 1. The predicted octanol–water partition coefficient (Wildman–Crippen LogP) is 2.19. The summed E-state index contributed by atoms with van der Waals surface area (Å²) in [6, 6.07) is 2.90. The van der Waals surface area contributed by atoms with Crippen LogP contribution in [0.3, 0.4) is 0 Å². The maximum atomic E-state index is 14.6.